The Kier molecular flexibility index (Phi) is 5.14. The summed E-state index contributed by atoms with van der Waals surface area (Å²) in [6.07, 6.45) is 4.96. The van der Waals surface area contributed by atoms with Gasteiger partial charge >= 0.3 is 0 Å². The number of nitrogens with one attached hydrogen (secondary N) is 1. The Labute approximate surface area is 127 Å². The summed E-state index contributed by atoms with van der Waals surface area (Å²) < 4.78 is 0. The van der Waals surface area contributed by atoms with Crippen molar-refractivity contribution in [2.75, 3.05) is 12.4 Å². The Bertz CT molecular complexity index is 405. The van der Waals surface area contributed by atoms with Crippen LogP contribution in [0.1, 0.15) is 43.2 Å². The van der Waals surface area contributed by atoms with Crippen LogP contribution >= 0.6 is 31.9 Å². The molecule has 0 aliphatic heterocycles. The summed E-state index contributed by atoms with van der Waals surface area (Å²) in [7, 11) is 2.02. The first-order chi connectivity index (χ1) is 8.67. The minimum absolute atomic E-state index is 0.533. The third-order valence-electron chi connectivity index (χ3n) is 3.92. The molecule has 1 aromatic rings. The van der Waals surface area contributed by atoms with Gasteiger partial charge < -0.3 is 5.32 Å². The summed E-state index contributed by atoms with van der Waals surface area (Å²) in [5, 5.41) is 3.34. The molecule has 0 bridgehead atoms. The summed E-state index contributed by atoms with van der Waals surface area (Å²) in [6, 6.07) is 6.84. The molecule has 3 heteroatoms. The molecule has 0 aromatic heterocycles. The van der Waals surface area contributed by atoms with Gasteiger partial charge in [-0.3, -0.25) is 0 Å². The van der Waals surface area contributed by atoms with Crippen LogP contribution in [0.25, 0.3) is 0 Å². The zero-order chi connectivity index (χ0) is 13.1. The molecule has 2 rings (SSSR count). The molecule has 1 nitrogen and oxygen atoms in total. The van der Waals surface area contributed by atoms with E-state index in [0.29, 0.717) is 15.6 Å². The largest absolute Gasteiger partial charge is 0.388 e. The van der Waals surface area contributed by atoms with Gasteiger partial charge in [-0.15, -0.1) is 0 Å². The van der Waals surface area contributed by atoms with E-state index in [1.807, 2.05) is 7.05 Å². The van der Waals surface area contributed by atoms with E-state index < -0.39 is 0 Å². The highest BCUT2D eigenvalue weighted by molar-refractivity contribution is 9.12. The van der Waals surface area contributed by atoms with Gasteiger partial charge in [0.15, 0.2) is 0 Å². The molecule has 18 heavy (non-hydrogen) atoms. The maximum atomic E-state index is 3.89. The van der Waals surface area contributed by atoms with Crippen LogP contribution in [0.2, 0.25) is 0 Å². The minimum atomic E-state index is 0.533. The maximum absolute atomic E-state index is 3.89. The number of alkyl halides is 2. The number of aryl methyl sites for hydroxylation is 1. The van der Waals surface area contributed by atoms with Crippen molar-refractivity contribution < 1.29 is 0 Å². The Morgan fingerprint density at radius 2 is 2.06 bits per heavy atom. The highest BCUT2D eigenvalue weighted by atomic mass is 79.9. The average molecular weight is 375 g/mol. The number of rotatable bonds is 3. The number of halogens is 2. The Morgan fingerprint density at radius 3 is 2.72 bits per heavy atom. The van der Waals surface area contributed by atoms with Gasteiger partial charge in [0.25, 0.3) is 0 Å². The number of benzene rings is 1. The smallest absolute Gasteiger partial charge is 0.0373 e. The lowest BCUT2D eigenvalue weighted by Gasteiger charge is -2.33. The van der Waals surface area contributed by atoms with Crippen LogP contribution in [0, 0.1) is 0 Å². The molecular weight excluding hydrogens is 354 g/mol. The van der Waals surface area contributed by atoms with E-state index in [9.17, 15) is 0 Å². The zero-order valence-corrected chi connectivity index (χ0v) is 14.2. The van der Waals surface area contributed by atoms with Crippen molar-refractivity contribution >= 4 is 37.5 Å². The molecule has 1 N–H and O–H groups in total. The molecule has 3 unspecified atom stereocenters. The van der Waals surface area contributed by atoms with Crippen molar-refractivity contribution in [3.63, 3.8) is 0 Å². The second-order valence-corrected chi connectivity index (χ2v) is 7.26. The summed E-state index contributed by atoms with van der Waals surface area (Å²) in [6.45, 7) is 2.22. The summed E-state index contributed by atoms with van der Waals surface area (Å²) in [5.74, 6) is 0.608. The molecule has 0 radical (unpaired) electrons. The SMILES string of the molecule is CCc1ccc(NC)c(C2CCCC(Br)C2Br)c1. The third kappa shape index (κ3) is 2.93. The number of hydrogen-bond donors (Lipinski definition) is 1. The number of anilines is 1. The van der Waals surface area contributed by atoms with Gasteiger partial charge in [-0.1, -0.05) is 57.3 Å². The predicted molar refractivity (Wildman–Crippen MR) is 87.4 cm³/mol. The quantitative estimate of drug-likeness (QED) is 0.727. The number of hydrogen-bond acceptors (Lipinski definition) is 1. The fourth-order valence-electron chi connectivity index (χ4n) is 2.80. The first kappa shape index (κ1) is 14.4. The van der Waals surface area contributed by atoms with E-state index in [0.717, 1.165) is 6.42 Å². The highest BCUT2D eigenvalue weighted by Crippen LogP contribution is 2.43. The van der Waals surface area contributed by atoms with Crippen molar-refractivity contribution in [1.29, 1.82) is 0 Å². The Morgan fingerprint density at radius 1 is 1.28 bits per heavy atom. The molecule has 0 spiro atoms. The van der Waals surface area contributed by atoms with E-state index in [1.165, 1.54) is 36.1 Å². The first-order valence-electron chi connectivity index (χ1n) is 6.76. The van der Waals surface area contributed by atoms with Crippen LogP contribution in [-0.2, 0) is 6.42 Å². The average Bonchev–Trinajstić information content (AvgIpc) is 2.41. The molecule has 100 valence electrons. The monoisotopic (exact) mass is 373 g/mol. The van der Waals surface area contributed by atoms with Gasteiger partial charge in [-0.05, 0) is 42.4 Å². The van der Waals surface area contributed by atoms with Gasteiger partial charge in [0.2, 0.25) is 0 Å². The molecule has 1 aliphatic rings. The van der Waals surface area contributed by atoms with Crippen molar-refractivity contribution in [1.82, 2.24) is 0 Å². The van der Waals surface area contributed by atoms with E-state index in [1.54, 1.807) is 0 Å². The van der Waals surface area contributed by atoms with Crippen LogP contribution in [0.3, 0.4) is 0 Å². The predicted octanol–water partition coefficient (Wildman–Crippen LogP) is 5.09. The topological polar surface area (TPSA) is 12.0 Å². The molecule has 0 amide bonds. The van der Waals surface area contributed by atoms with Crippen molar-refractivity contribution in [3.8, 4) is 0 Å². The molecule has 0 saturated heterocycles. The molecule has 1 fully saturated rings. The van der Waals surface area contributed by atoms with E-state index in [-0.39, 0.29) is 0 Å². The lowest BCUT2D eigenvalue weighted by Crippen LogP contribution is -2.27. The highest BCUT2D eigenvalue weighted by Gasteiger charge is 2.32. The molecule has 1 saturated carbocycles. The van der Waals surface area contributed by atoms with E-state index in [4.69, 9.17) is 0 Å². The standard InChI is InChI=1S/C15H21Br2N/c1-3-10-7-8-14(18-2)12(9-10)11-5-4-6-13(16)15(11)17/h7-9,11,13,15,18H,3-6H2,1-2H3. The Balaban J connectivity index is 2.35. The van der Waals surface area contributed by atoms with Crippen LogP contribution in [0.15, 0.2) is 18.2 Å². The summed E-state index contributed by atoms with van der Waals surface area (Å²) in [5.41, 5.74) is 4.19. The van der Waals surface area contributed by atoms with Crippen LogP contribution in [0.5, 0.6) is 0 Å². The van der Waals surface area contributed by atoms with Crippen molar-refractivity contribution in [2.24, 2.45) is 0 Å². The van der Waals surface area contributed by atoms with Crippen LogP contribution in [-0.4, -0.2) is 16.7 Å². The third-order valence-corrected chi connectivity index (χ3v) is 6.93. The lowest BCUT2D eigenvalue weighted by atomic mass is 9.82. The van der Waals surface area contributed by atoms with Crippen molar-refractivity contribution in [2.45, 2.75) is 48.2 Å². The van der Waals surface area contributed by atoms with Gasteiger partial charge in [-0.25, -0.2) is 0 Å². The van der Waals surface area contributed by atoms with Crippen molar-refractivity contribution in [3.05, 3.63) is 29.3 Å². The molecular formula is C15H21Br2N. The van der Waals surface area contributed by atoms with Gasteiger partial charge in [-0.2, -0.15) is 0 Å². The van der Waals surface area contributed by atoms with Crippen LogP contribution in [0.4, 0.5) is 5.69 Å². The molecule has 1 aromatic carbocycles. The lowest BCUT2D eigenvalue weighted by molar-refractivity contribution is 0.476. The van der Waals surface area contributed by atoms with Gasteiger partial charge in [0, 0.05) is 22.4 Å². The summed E-state index contributed by atoms with van der Waals surface area (Å²) >= 11 is 7.70. The maximum Gasteiger partial charge on any atom is 0.0373 e. The first-order valence-corrected chi connectivity index (χ1v) is 8.59. The van der Waals surface area contributed by atoms with E-state index in [2.05, 4.69) is 62.3 Å². The molecule has 3 atom stereocenters. The van der Waals surface area contributed by atoms with Gasteiger partial charge in [0.05, 0.1) is 0 Å². The second-order valence-electron chi connectivity index (χ2n) is 5.02. The van der Waals surface area contributed by atoms with E-state index >= 15 is 0 Å². The summed E-state index contributed by atoms with van der Waals surface area (Å²) in [4.78, 5) is 1.12. The fraction of sp³-hybridized carbons (Fsp3) is 0.600. The Hall–Kier alpha value is -0.0200. The minimum Gasteiger partial charge on any atom is -0.388 e. The zero-order valence-electron chi connectivity index (χ0n) is 11.0. The van der Waals surface area contributed by atoms with Gasteiger partial charge in [0.1, 0.15) is 0 Å². The molecule has 1 aliphatic carbocycles. The second kappa shape index (κ2) is 6.42. The molecule has 0 heterocycles. The van der Waals surface area contributed by atoms with Crippen LogP contribution < -0.4 is 5.32 Å². The fourth-order valence-corrected chi connectivity index (χ4v) is 4.30. The normalized spacial score (nSPS) is 28.1.